The fourth-order valence-electron chi connectivity index (χ4n) is 4.77. The average molecular weight is 651 g/mol. The molecule has 248 valence electrons. The number of ether oxygens (including phenoxy) is 5. The second kappa shape index (κ2) is 17.9. The van der Waals surface area contributed by atoms with Crippen LogP contribution in [0.5, 0.6) is 17.2 Å². The van der Waals surface area contributed by atoms with E-state index < -0.39 is 23.9 Å². The normalized spacial score (nSPS) is 10.8. The molecular formula is C39H38O9. The number of hydrogen-bond donors (Lipinski definition) is 0. The molecule has 48 heavy (non-hydrogen) atoms. The number of fused-ring (bicyclic) bond motifs is 1. The van der Waals surface area contributed by atoms with Crippen molar-refractivity contribution in [3.63, 3.8) is 0 Å². The van der Waals surface area contributed by atoms with Gasteiger partial charge in [0.15, 0.2) is 0 Å². The van der Waals surface area contributed by atoms with Gasteiger partial charge < -0.3 is 23.7 Å². The molecule has 0 unspecified atom stereocenters. The molecule has 4 rings (SSSR count). The molecule has 0 amide bonds. The summed E-state index contributed by atoms with van der Waals surface area (Å²) in [5.41, 5.74) is 2.13. The van der Waals surface area contributed by atoms with Crippen LogP contribution < -0.4 is 14.2 Å². The summed E-state index contributed by atoms with van der Waals surface area (Å²) >= 11 is 0. The van der Waals surface area contributed by atoms with Crippen molar-refractivity contribution in [2.24, 2.45) is 0 Å². The van der Waals surface area contributed by atoms with Crippen LogP contribution in [0.1, 0.15) is 64.4 Å². The number of rotatable bonds is 16. The van der Waals surface area contributed by atoms with Crippen LogP contribution in [-0.2, 0) is 19.1 Å². The zero-order chi connectivity index (χ0) is 34.3. The lowest BCUT2D eigenvalue weighted by Gasteiger charge is -2.13. The third kappa shape index (κ3) is 10.2. The van der Waals surface area contributed by atoms with Gasteiger partial charge in [0.2, 0.25) is 0 Å². The first-order chi connectivity index (χ1) is 23.3. The van der Waals surface area contributed by atoms with Gasteiger partial charge in [-0.05, 0) is 111 Å². The summed E-state index contributed by atoms with van der Waals surface area (Å²) in [4.78, 5) is 48.7. The molecule has 0 aliphatic carbocycles. The van der Waals surface area contributed by atoms with E-state index >= 15 is 0 Å². The first-order valence-corrected chi connectivity index (χ1v) is 15.7. The Balaban J connectivity index is 1.32. The molecule has 0 spiro atoms. The first kappa shape index (κ1) is 35.2. The van der Waals surface area contributed by atoms with Gasteiger partial charge in [0.05, 0.1) is 30.9 Å². The highest BCUT2D eigenvalue weighted by molar-refractivity contribution is 6.07. The quantitative estimate of drug-likeness (QED) is 0.0518. The van der Waals surface area contributed by atoms with Gasteiger partial charge in [-0.15, -0.1) is 0 Å². The minimum absolute atomic E-state index is 0.272. The molecule has 4 aromatic carbocycles. The highest BCUT2D eigenvalue weighted by Crippen LogP contribution is 2.30. The lowest BCUT2D eigenvalue weighted by molar-refractivity contribution is -0.138. The lowest BCUT2D eigenvalue weighted by Crippen LogP contribution is -2.11. The van der Waals surface area contributed by atoms with E-state index in [0.717, 1.165) is 42.7 Å². The second-order valence-corrected chi connectivity index (χ2v) is 10.7. The molecule has 0 aliphatic rings. The van der Waals surface area contributed by atoms with Gasteiger partial charge in [-0.3, -0.25) is 0 Å². The van der Waals surface area contributed by atoms with Crippen molar-refractivity contribution in [2.45, 2.75) is 39.5 Å². The van der Waals surface area contributed by atoms with Crippen LogP contribution in [-0.4, -0.2) is 43.7 Å². The van der Waals surface area contributed by atoms with Gasteiger partial charge in [-0.1, -0.05) is 36.9 Å². The number of unbranched alkanes of at least 4 members (excludes halogenated alkanes) is 3. The van der Waals surface area contributed by atoms with Crippen LogP contribution >= 0.6 is 0 Å². The van der Waals surface area contributed by atoms with Gasteiger partial charge in [0, 0.05) is 17.5 Å². The third-order valence-corrected chi connectivity index (χ3v) is 7.21. The standard InChI is InChI=1S/C39H38O9/c1-4-36(40)46-25-11-7-6-10-24-45-35-22-20-33(31-12-8-9-13-32(31)35)39(43)47-30-18-16-29(17-19-30)38(42)48-34-21-14-28(26-27(34)3)15-23-37(41)44-5-2/h4,8-9,12-23,26H,1,5-7,10-11,24-25H2,2-3H3/b23-15+. The molecule has 0 aromatic heterocycles. The summed E-state index contributed by atoms with van der Waals surface area (Å²) in [6.45, 7) is 8.09. The maximum absolute atomic E-state index is 13.2. The summed E-state index contributed by atoms with van der Waals surface area (Å²) in [5, 5.41) is 1.49. The maximum atomic E-state index is 13.2. The number of carbonyl (C=O) groups is 4. The number of benzene rings is 4. The molecule has 0 atom stereocenters. The summed E-state index contributed by atoms with van der Waals surface area (Å²) in [6.07, 6.45) is 7.57. The molecule has 0 radical (unpaired) electrons. The lowest BCUT2D eigenvalue weighted by atomic mass is 10.0. The van der Waals surface area contributed by atoms with E-state index in [4.69, 9.17) is 23.7 Å². The Bertz CT molecular complexity index is 1790. The summed E-state index contributed by atoms with van der Waals surface area (Å²) < 4.78 is 27.1. The van der Waals surface area contributed by atoms with E-state index in [0.29, 0.717) is 47.8 Å². The molecule has 4 aromatic rings. The molecule has 0 fully saturated rings. The van der Waals surface area contributed by atoms with Crippen LogP contribution in [0.3, 0.4) is 0 Å². The van der Waals surface area contributed by atoms with Crippen LogP contribution in [0.25, 0.3) is 16.8 Å². The molecule has 0 bridgehead atoms. The zero-order valence-electron chi connectivity index (χ0n) is 27.1. The van der Waals surface area contributed by atoms with Gasteiger partial charge in [0.25, 0.3) is 0 Å². The van der Waals surface area contributed by atoms with Gasteiger partial charge >= 0.3 is 23.9 Å². The molecule has 9 heteroatoms. The molecular weight excluding hydrogens is 612 g/mol. The smallest absolute Gasteiger partial charge is 0.344 e. The highest BCUT2D eigenvalue weighted by atomic mass is 16.5. The van der Waals surface area contributed by atoms with Crippen LogP contribution in [0.4, 0.5) is 0 Å². The van der Waals surface area contributed by atoms with Gasteiger partial charge in [0.1, 0.15) is 17.2 Å². The van der Waals surface area contributed by atoms with Crippen molar-refractivity contribution in [2.75, 3.05) is 19.8 Å². The Morgan fingerprint density at radius 2 is 1.42 bits per heavy atom. The van der Waals surface area contributed by atoms with Crippen molar-refractivity contribution in [3.8, 4) is 17.2 Å². The molecule has 0 saturated heterocycles. The van der Waals surface area contributed by atoms with E-state index in [-0.39, 0.29) is 11.3 Å². The van der Waals surface area contributed by atoms with Crippen molar-refractivity contribution >= 4 is 40.7 Å². The molecule has 0 heterocycles. The number of aryl methyl sites for hydroxylation is 1. The summed E-state index contributed by atoms with van der Waals surface area (Å²) in [6, 6.07) is 22.2. The third-order valence-electron chi connectivity index (χ3n) is 7.21. The van der Waals surface area contributed by atoms with Crippen LogP contribution in [0.2, 0.25) is 0 Å². The Hall–Kier alpha value is -5.70. The van der Waals surface area contributed by atoms with Gasteiger partial charge in [-0.2, -0.15) is 0 Å². The highest BCUT2D eigenvalue weighted by Gasteiger charge is 2.16. The number of hydrogen-bond acceptors (Lipinski definition) is 9. The molecule has 0 saturated carbocycles. The van der Waals surface area contributed by atoms with E-state index in [1.807, 2.05) is 24.3 Å². The van der Waals surface area contributed by atoms with E-state index in [2.05, 4.69) is 6.58 Å². The fourth-order valence-corrected chi connectivity index (χ4v) is 4.77. The second-order valence-electron chi connectivity index (χ2n) is 10.7. The van der Waals surface area contributed by atoms with Crippen molar-refractivity contribution in [3.05, 3.63) is 120 Å². The van der Waals surface area contributed by atoms with Crippen molar-refractivity contribution in [1.82, 2.24) is 0 Å². The number of esters is 4. The van der Waals surface area contributed by atoms with Crippen molar-refractivity contribution in [1.29, 1.82) is 0 Å². The Morgan fingerprint density at radius 1 is 0.708 bits per heavy atom. The van der Waals surface area contributed by atoms with Crippen molar-refractivity contribution < 1.29 is 42.9 Å². The minimum Gasteiger partial charge on any atom is -0.493 e. The maximum Gasteiger partial charge on any atom is 0.344 e. The summed E-state index contributed by atoms with van der Waals surface area (Å²) in [7, 11) is 0. The monoisotopic (exact) mass is 650 g/mol. The Morgan fingerprint density at radius 3 is 2.12 bits per heavy atom. The molecule has 0 N–H and O–H groups in total. The van der Waals surface area contributed by atoms with Gasteiger partial charge in [-0.25, -0.2) is 19.2 Å². The molecule has 0 aliphatic heterocycles. The predicted molar refractivity (Wildman–Crippen MR) is 182 cm³/mol. The van der Waals surface area contributed by atoms with Crippen LogP contribution in [0.15, 0.2) is 97.6 Å². The average Bonchev–Trinajstić information content (AvgIpc) is 3.09. The topological polar surface area (TPSA) is 114 Å². The Kier molecular flexibility index (Phi) is 13.1. The zero-order valence-corrected chi connectivity index (χ0v) is 27.1. The minimum atomic E-state index is -0.568. The van der Waals surface area contributed by atoms with E-state index in [1.165, 1.54) is 30.3 Å². The van der Waals surface area contributed by atoms with Crippen LogP contribution in [0, 0.1) is 6.92 Å². The predicted octanol–water partition coefficient (Wildman–Crippen LogP) is 7.83. The Labute approximate surface area is 279 Å². The summed E-state index contributed by atoms with van der Waals surface area (Å²) in [5.74, 6) is -0.631. The largest absolute Gasteiger partial charge is 0.493 e. The van der Waals surface area contributed by atoms with E-state index in [9.17, 15) is 19.2 Å². The molecule has 9 nitrogen and oxygen atoms in total. The fraction of sp³-hybridized carbons (Fsp3) is 0.231. The SMILES string of the molecule is C=CC(=O)OCCCCCCOc1ccc(C(=O)Oc2ccc(C(=O)Oc3ccc(/C=C/C(=O)OCC)cc3C)cc2)c2ccccc12. The number of carbonyl (C=O) groups excluding carboxylic acids is 4. The van der Waals surface area contributed by atoms with E-state index in [1.54, 1.807) is 50.3 Å². The first-order valence-electron chi connectivity index (χ1n) is 15.7.